The Kier molecular flexibility index (Phi) is 14.0. The van der Waals surface area contributed by atoms with E-state index in [-0.39, 0.29) is 5.41 Å². The molecule has 0 atom stereocenters. The number of hydrogen-bond acceptors (Lipinski definition) is 6. The fourth-order valence-electron chi connectivity index (χ4n) is 11.3. The zero-order chi connectivity index (χ0) is 47.0. The van der Waals surface area contributed by atoms with Gasteiger partial charge in [0.1, 0.15) is 46.0 Å². The Labute approximate surface area is 409 Å². The molecule has 1 spiro atoms. The summed E-state index contributed by atoms with van der Waals surface area (Å²) < 4.78 is 38.8. The van der Waals surface area contributed by atoms with Crippen molar-refractivity contribution in [3.63, 3.8) is 0 Å². The van der Waals surface area contributed by atoms with E-state index in [2.05, 4.69) is 92.7 Å². The second-order valence-corrected chi connectivity index (χ2v) is 19.1. The monoisotopic (exact) mass is 918 g/mol. The number of rotatable bonds is 5. The predicted molar refractivity (Wildman–Crippen MR) is 280 cm³/mol. The van der Waals surface area contributed by atoms with E-state index >= 15 is 0 Å². The summed E-state index contributed by atoms with van der Waals surface area (Å²) in [4.78, 5) is 0. The van der Waals surface area contributed by atoms with E-state index in [1.807, 2.05) is 72.8 Å². The third-order valence-corrected chi connectivity index (χ3v) is 14.6. The third kappa shape index (κ3) is 9.43. The van der Waals surface area contributed by atoms with Gasteiger partial charge >= 0.3 is 0 Å². The van der Waals surface area contributed by atoms with Crippen LogP contribution >= 0.6 is 0 Å². The molecule has 7 aromatic rings. The fraction of sp³-hybridized carbons (Fsp3) is 0.333. The second-order valence-electron chi connectivity index (χ2n) is 19.1. The maximum absolute atomic E-state index is 7.78. The normalized spacial score (nSPS) is 16.6. The minimum atomic E-state index is -1.01. The molecule has 0 radical (unpaired) electrons. The van der Waals surface area contributed by atoms with Gasteiger partial charge in [-0.1, -0.05) is 133 Å². The summed E-state index contributed by atoms with van der Waals surface area (Å²) in [7, 11) is 1.74. The topological polar surface area (TPSA) is 55.4 Å². The van der Waals surface area contributed by atoms with Gasteiger partial charge in [-0.15, -0.1) is 0 Å². The molecule has 0 saturated carbocycles. The number of hydrogen-bond donors (Lipinski definition) is 0. The Morgan fingerprint density at radius 3 is 1.49 bits per heavy atom. The summed E-state index contributed by atoms with van der Waals surface area (Å²) in [5.74, 6) is 6.36. The lowest BCUT2D eigenvalue weighted by molar-refractivity contribution is 0.163. The van der Waals surface area contributed by atoms with E-state index < -0.39 is 5.60 Å². The summed E-state index contributed by atoms with van der Waals surface area (Å²) in [5, 5.41) is 2.20. The van der Waals surface area contributed by atoms with Crippen LogP contribution in [0.2, 0.25) is 0 Å². The first-order chi connectivity index (χ1) is 34.0. The van der Waals surface area contributed by atoms with Crippen LogP contribution in [-0.2, 0) is 11.0 Å². The van der Waals surface area contributed by atoms with Crippen LogP contribution in [0.25, 0.3) is 28.0 Å². The van der Waals surface area contributed by atoms with Gasteiger partial charge in [0.05, 0.1) is 20.3 Å². The average molecular weight is 919 g/mol. The fourth-order valence-corrected chi connectivity index (χ4v) is 11.3. The van der Waals surface area contributed by atoms with Crippen LogP contribution in [0.5, 0.6) is 46.0 Å². The van der Waals surface area contributed by atoms with E-state index in [0.717, 1.165) is 120 Å². The number of fused-ring (bicyclic) bond motifs is 10. The number of methoxy groups -OCH3 is 1. The van der Waals surface area contributed by atoms with Crippen molar-refractivity contribution in [1.29, 1.82) is 0 Å². The largest absolute Gasteiger partial charge is 0.497 e. The van der Waals surface area contributed by atoms with Gasteiger partial charge in [-0.3, -0.25) is 0 Å². The number of ether oxygens (including phenoxy) is 6. The van der Waals surface area contributed by atoms with Crippen LogP contribution in [0.3, 0.4) is 0 Å². The van der Waals surface area contributed by atoms with Crippen molar-refractivity contribution in [2.45, 2.75) is 115 Å². The molecule has 8 bridgehead atoms. The van der Waals surface area contributed by atoms with Crippen molar-refractivity contribution in [1.82, 2.24) is 0 Å². The van der Waals surface area contributed by atoms with Crippen LogP contribution in [0, 0.1) is 0 Å². The van der Waals surface area contributed by atoms with E-state index in [4.69, 9.17) is 28.4 Å². The lowest BCUT2D eigenvalue weighted by Crippen LogP contribution is -2.35. The Balaban J connectivity index is 1.04. The van der Waals surface area contributed by atoms with Crippen LogP contribution in [-0.4, -0.2) is 20.3 Å². The summed E-state index contributed by atoms with van der Waals surface area (Å²) in [6.07, 6.45) is 21.1. The molecule has 354 valence electrons. The SMILES string of the molecule is CCCC1(CCC)c2ccccc2-c2c1c1c(c3cc(OC)ccc23)OC2(C=C1)c1ccc(cc1)Oc1ccc(cc1)OCCCCCCCCCCCCOc1ccc(cc1)Oc1ccc2cc1. The first-order valence-corrected chi connectivity index (χ1v) is 25.7. The molecular formula is C63H66O6. The van der Waals surface area contributed by atoms with E-state index in [0.29, 0.717) is 0 Å². The molecule has 8 aliphatic rings. The van der Waals surface area contributed by atoms with Crippen LogP contribution in [0.4, 0.5) is 0 Å². The van der Waals surface area contributed by atoms with Crippen molar-refractivity contribution in [3.05, 3.63) is 173 Å². The summed E-state index contributed by atoms with van der Waals surface area (Å²) >= 11 is 0. The molecule has 0 saturated heterocycles. The highest BCUT2D eigenvalue weighted by molar-refractivity contribution is 6.09. The number of benzene rings is 7. The standard InChI is InChI=1S/C63H66O6/c1-4-39-62(40-5-2)58-19-15-14-18-55(58)59-54-37-36-53(64-3)44-57(54)61-56(60(59)62)38-41-63(69-61)45-20-24-49(25-21-45)67-51-32-28-47(29-33-51)65-42-16-12-10-8-6-7-9-11-13-17-43-66-48-30-34-52(35-31-48)68-50-26-22-46(63)23-27-50/h14-15,18-38,41,44H,4-13,16-17,39-40,42-43H2,1-3H3. The lowest BCUT2D eigenvalue weighted by Gasteiger charge is -2.40. The van der Waals surface area contributed by atoms with Gasteiger partial charge in [0.25, 0.3) is 0 Å². The maximum atomic E-state index is 7.78. The van der Waals surface area contributed by atoms with Crippen LogP contribution in [0.1, 0.15) is 132 Å². The Bertz CT molecular complexity index is 2750. The molecule has 6 nitrogen and oxygen atoms in total. The van der Waals surface area contributed by atoms with Crippen molar-refractivity contribution in [3.8, 4) is 57.1 Å². The molecule has 7 aliphatic heterocycles. The van der Waals surface area contributed by atoms with Gasteiger partial charge in [0.2, 0.25) is 0 Å². The molecule has 0 unspecified atom stereocenters. The Morgan fingerprint density at radius 2 is 0.986 bits per heavy atom. The minimum Gasteiger partial charge on any atom is -0.497 e. The minimum absolute atomic E-state index is 0.153. The first-order valence-electron chi connectivity index (χ1n) is 25.7. The quantitative estimate of drug-likeness (QED) is 0.171. The van der Waals surface area contributed by atoms with E-state index in [1.54, 1.807) is 7.11 Å². The molecular weight excluding hydrogens is 853 g/mol. The van der Waals surface area contributed by atoms with E-state index in [9.17, 15) is 0 Å². The molecule has 0 N–H and O–H groups in total. The highest BCUT2D eigenvalue weighted by Crippen LogP contribution is 2.61. The van der Waals surface area contributed by atoms with Crippen LogP contribution in [0.15, 0.2) is 146 Å². The molecule has 0 amide bonds. The molecule has 69 heavy (non-hydrogen) atoms. The van der Waals surface area contributed by atoms with Gasteiger partial charge in [-0.05, 0) is 150 Å². The summed E-state index contributed by atoms with van der Waals surface area (Å²) in [6, 6.07) is 48.2. The van der Waals surface area contributed by atoms with Crippen molar-refractivity contribution >= 4 is 16.8 Å². The van der Waals surface area contributed by atoms with Gasteiger partial charge in [0.15, 0.2) is 5.60 Å². The smallest absolute Gasteiger partial charge is 0.178 e. The Hall–Kier alpha value is -6.66. The molecule has 0 fully saturated rings. The second kappa shape index (κ2) is 20.9. The molecule has 0 aromatic heterocycles. The van der Waals surface area contributed by atoms with E-state index in [1.165, 1.54) is 79.0 Å². The van der Waals surface area contributed by atoms with Gasteiger partial charge < -0.3 is 28.4 Å². The van der Waals surface area contributed by atoms with Crippen molar-refractivity contribution in [2.24, 2.45) is 0 Å². The molecule has 1 aliphatic carbocycles. The third-order valence-electron chi connectivity index (χ3n) is 14.6. The molecule has 6 heteroatoms. The molecule has 15 rings (SSSR count). The zero-order valence-corrected chi connectivity index (χ0v) is 40.7. The average Bonchev–Trinajstić information content (AvgIpc) is 3.67. The molecule has 7 aromatic carbocycles. The first kappa shape index (κ1) is 46.1. The zero-order valence-electron chi connectivity index (χ0n) is 40.7. The van der Waals surface area contributed by atoms with Crippen molar-refractivity contribution < 1.29 is 28.4 Å². The highest BCUT2D eigenvalue weighted by atomic mass is 16.5. The van der Waals surface area contributed by atoms with Crippen molar-refractivity contribution in [2.75, 3.05) is 20.3 Å². The molecule has 7 heterocycles. The summed E-state index contributed by atoms with van der Waals surface area (Å²) in [5.41, 5.74) is 7.35. The highest BCUT2D eigenvalue weighted by Gasteiger charge is 2.47. The van der Waals surface area contributed by atoms with Gasteiger partial charge in [0, 0.05) is 27.5 Å². The maximum Gasteiger partial charge on any atom is 0.178 e. The van der Waals surface area contributed by atoms with Crippen LogP contribution < -0.4 is 28.4 Å². The lowest BCUT2D eigenvalue weighted by atomic mass is 9.69. The summed E-state index contributed by atoms with van der Waals surface area (Å²) in [6.45, 7) is 6.08. The predicted octanol–water partition coefficient (Wildman–Crippen LogP) is 17.3. The van der Waals surface area contributed by atoms with Gasteiger partial charge in [-0.2, -0.15) is 0 Å². The Morgan fingerprint density at radius 1 is 0.507 bits per heavy atom. The van der Waals surface area contributed by atoms with Gasteiger partial charge in [-0.25, -0.2) is 0 Å².